The average Bonchev–Trinajstić information content (AvgIpc) is 2.96. The Morgan fingerprint density at radius 2 is 1.88 bits per heavy atom. The van der Waals surface area contributed by atoms with Crippen molar-refractivity contribution in [3.63, 3.8) is 0 Å². The molecular formula is C32H49N3O5. The number of rotatable bonds is 13. The Bertz CT molecular complexity index is 1170. The zero-order valence-corrected chi connectivity index (χ0v) is 24.8. The predicted octanol–water partition coefficient (Wildman–Crippen LogP) is 5.06. The molecule has 0 radical (unpaired) electrons. The topological polar surface area (TPSA) is 97.0 Å². The summed E-state index contributed by atoms with van der Waals surface area (Å²) in [4.78, 5) is 40.7. The number of piperidine rings is 1. The van der Waals surface area contributed by atoms with E-state index in [9.17, 15) is 14.4 Å². The number of carbonyl (C=O) groups is 3. The molecule has 8 nitrogen and oxygen atoms in total. The fraction of sp³-hybridized carbons (Fsp3) is 0.531. The van der Waals surface area contributed by atoms with E-state index in [2.05, 4.69) is 10.6 Å². The highest BCUT2D eigenvalue weighted by Crippen LogP contribution is 2.28. The van der Waals surface area contributed by atoms with Crippen LogP contribution >= 0.6 is 0 Å². The summed E-state index contributed by atoms with van der Waals surface area (Å²) in [5.74, 6) is 1.33. The summed E-state index contributed by atoms with van der Waals surface area (Å²) in [6.45, 7) is 12.1. The lowest BCUT2D eigenvalue weighted by Gasteiger charge is -2.33. The maximum atomic E-state index is 13.1. The molecule has 0 saturated carbocycles. The maximum absolute atomic E-state index is 13.1. The lowest BCUT2D eigenvalue weighted by molar-refractivity contribution is -0.131. The second kappa shape index (κ2) is 14.8. The van der Waals surface area contributed by atoms with Gasteiger partial charge in [-0.25, -0.2) is 0 Å². The van der Waals surface area contributed by atoms with Crippen molar-refractivity contribution in [1.82, 2.24) is 15.5 Å². The summed E-state index contributed by atoms with van der Waals surface area (Å²) in [6.07, 6.45) is 1.85. The first-order chi connectivity index (χ1) is 19.1. The summed E-state index contributed by atoms with van der Waals surface area (Å²) in [5, 5.41) is 6.21. The molecule has 1 unspecified atom stereocenters. The molecule has 0 bridgehead atoms. The normalized spacial score (nSPS) is 16.1. The number of hydrogen-bond donors (Lipinski definition) is 2. The van der Waals surface area contributed by atoms with Crippen molar-refractivity contribution in [1.29, 1.82) is 0 Å². The highest BCUT2D eigenvalue weighted by Gasteiger charge is 2.28. The number of ether oxygens (including phenoxy) is 2. The van der Waals surface area contributed by atoms with Gasteiger partial charge < -0.3 is 25.0 Å². The fourth-order valence-corrected chi connectivity index (χ4v) is 5.07. The van der Waals surface area contributed by atoms with Gasteiger partial charge in [-0.1, -0.05) is 45.9 Å². The number of methoxy groups -OCH3 is 1. The molecule has 2 N–H and O–H groups in total. The zero-order chi connectivity index (χ0) is 29.2. The van der Waals surface area contributed by atoms with E-state index < -0.39 is 6.04 Å². The zero-order valence-electron chi connectivity index (χ0n) is 24.8. The van der Waals surface area contributed by atoms with Crippen LogP contribution < -0.4 is 20.1 Å². The van der Waals surface area contributed by atoms with Gasteiger partial charge in [0.2, 0.25) is 5.91 Å². The molecule has 8 heteroatoms. The number of hydrogen-bond acceptors (Lipinski definition) is 6. The van der Waals surface area contributed by atoms with Crippen LogP contribution in [0.2, 0.25) is 0 Å². The minimum atomic E-state index is -0.519. The molecule has 2 aromatic carbocycles. The average molecular weight is 556 g/mol. The van der Waals surface area contributed by atoms with E-state index in [1.807, 2.05) is 75.9 Å². The molecule has 1 fully saturated rings. The van der Waals surface area contributed by atoms with E-state index >= 15 is 0 Å². The van der Waals surface area contributed by atoms with E-state index in [4.69, 9.17) is 9.47 Å². The molecule has 1 aliphatic heterocycles. The van der Waals surface area contributed by atoms with Gasteiger partial charge >= 0.3 is 0 Å². The van der Waals surface area contributed by atoms with E-state index in [1.165, 1.54) is 0 Å². The number of nitrogens with zero attached hydrogens (tertiary/aromatic N) is 1. The van der Waals surface area contributed by atoms with Crippen LogP contribution in [0.3, 0.4) is 0 Å². The molecule has 3 rings (SSSR count). The standard InChI is InChI=1S/C32H45N3O5.2H2/c1-7-40-28-17-27(39-6)14-13-25(28)18-33-19-29(36)35-15-9-12-26(20-35)23-10-8-11-24(16-23)32(38)34-30(21(2)3)31(37)22(4)5;;/h8,10-11,13-14,16-17,21-22,26,30,33H,7,9,12,15,18-20H2,1-6H3,(H,34,38);2*1H/t26?,30-;;/m0../s1. The van der Waals surface area contributed by atoms with Gasteiger partial charge in [-0.15, -0.1) is 0 Å². The van der Waals surface area contributed by atoms with Gasteiger partial charge in [-0.2, -0.15) is 0 Å². The van der Waals surface area contributed by atoms with Crippen molar-refractivity contribution < 1.29 is 26.7 Å². The number of nitrogens with one attached hydrogen (secondary N) is 2. The quantitative estimate of drug-likeness (QED) is 0.359. The number of amides is 2. The Morgan fingerprint density at radius 3 is 2.55 bits per heavy atom. The van der Waals surface area contributed by atoms with Crippen LogP contribution in [0.15, 0.2) is 42.5 Å². The van der Waals surface area contributed by atoms with Gasteiger partial charge in [0.25, 0.3) is 5.91 Å². The summed E-state index contributed by atoms with van der Waals surface area (Å²) in [5.41, 5.74) is 2.54. The van der Waals surface area contributed by atoms with E-state index in [1.54, 1.807) is 13.2 Å². The molecule has 1 heterocycles. The maximum Gasteiger partial charge on any atom is 0.251 e. The SMILES string of the molecule is CCOc1cc(OC)ccc1CNCC(=O)N1CCCC(c2cccc(C(=O)N[C@H](C(=O)C(C)C)C(C)C)c2)C1.[HH].[HH]. The second-order valence-electron chi connectivity index (χ2n) is 11.1. The van der Waals surface area contributed by atoms with Crippen molar-refractivity contribution in [3.8, 4) is 11.5 Å². The van der Waals surface area contributed by atoms with Gasteiger partial charge in [0.05, 0.1) is 26.3 Å². The molecule has 40 heavy (non-hydrogen) atoms. The third kappa shape index (κ3) is 8.31. The highest BCUT2D eigenvalue weighted by atomic mass is 16.5. The number of ketones is 1. The molecule has 0 aliphatic carbocycles. The Labute approximate surface area is 241 Å². The van der Waals surface area contributed by atoms with E-state index in [0.29, 0.717) is 25.3 Å². The summed E-state index contributed by atoms with van der Waals surface area (Å²) < 4.78 is 11.0. The first kappa shape index (κ1) is 31.1. The van der Waals surface area contributed by atoms with Crippen LogP contribution in [-0.4, -0.2) is 61.9 Å². The van der Waals surface area contributed by atoms with E-state index in [-0.39, 0.29) is 44.7 Å². The van der Waals surface area contributed by atoms with Crippen molar-refractivity contribution in [2.24, 2.45) is 11.8 Å². The molecule has 0 aromatic heterocycles. The van der Waals surface area contributed by atoms with Crippen molar-refractivity contribution in [3.05, 3.63) is 59.2 Å². The Kier molecular flexibility index (Phi) is 11.6. The first-order valence-electron chi connectivity index (χ1n) is 14.4. The van der Waals surface area contributed by atoms with Crippen LogP contribution in [-0.2, 0) is 16.1 Å². The molecule has 1 aliphatic rings. The molecule has 2 atom stereocenters. The summed E-state index contributed by atoms with van der Waals surface area (Å²) in [6, 6.07) is 12.8. The predicted molar refractivity (Wildman–Crippen MR) is 161 cm³/mol. The molecule has 2 aromatic rings. The molecule has 2 amide bonds. The van der Waals surface area contributed by atoms with E-state index in [0.717, 1.165) is 42.0 Å². The van der Waals surface area contributed by atoms with Crippen molar-refractivity contribution in [2.45, 2.75) is 66.0 Å². The second-order valence-corrected chi connectivity index (χ2v) is 11.1. The number of Topliss-reactive ketones (excluding diaryl/α,β-unsaturated/α-hetero) is 1. The summed E-state index contributed by atoms with van der Waals surface area (Å²) >= 11 is 0. The van der Waals surface area contributed by atoms with Gasteiger partial charge in [0, 0.05) is 51.5 Å². The van der Waals surface area contributed by atoms with Crippen LogP contribution in [0.4, 0.5) is 0 Å². The van der Waals surface area contributed by atoms with Gasteiger partial charge in [-0.05, 0) is 49.4 Å². The molecule has 1 saturated heterocycles. The van der Waals surface area contributed by atoms with Crippen LogP contribution in [0.1, 0.15) is 77.7 Å². The highest BCUT2D eigenvalue weighted by molar-refractivity contribution is 5.98. The monoisotopic (exact) mass is 555 g/mol. The lowest BCUT2D eigenvalue weighted by Crippen LogP contribution is -2.46. The smallest absolute Gasteiger partial charge is 0.251 e. The Hall–Kier alpha value is -3.39. The van der Waals surface area contributed by atoms with Crippen LogP contribution in [0.5, 0.6) is 11.5 Å². The molecule has 222 valence electrons. The number of carbonyl (C=O) groups excluding carboxylic acids is 3. The van der Waals surface area contributed by atoms with Gasteiger partial charge in [-0.3, -0.25) is 14.4 Å². The Balaban J connectivity index is 0.00000441. The lowest BCUT2D eigenvalue weighted by atomic mass is 9.89. The molecular weight excluding hydrogens is 506 g/mol. The molecule has 0 spiro atoms. The van der Waals surface area contributed by atoms with Crippen molar-refractivity contribution >= 4 is 17.6 Å². The van der Waals surface area contributed by atoms with Crippen LogP contribution in [0.25, 0.3) is 0 Å². The van der Waals surface area contributed by atoms with Gasteiger partial charge in [0.15, 0.2) is 5.78 Å². The summed E-state index contributed by atoms with van der Waals surface area (Å²) in [7, 11) is 1.62. The number of likely N-dealkylation sites (tertiary alicyclic amines) is 1. The minimum absolute atomic E-state index is 0. The Morgan fingerprint density at radius 1 is 1.10 bits per heavy atom. The number of benzene rings is 2. The third-order valence-electron chi connectivity index (χ3n) is 7.39. The van der Waals surface area contributed by atoms with Crippen LogP contribution in [0, 0.1) is 11.8 Å². The largest absolute Gasteiger partial charge is 0.497 e. The third-order valence-corrected chi connectivity index (χ3v) is 7.39. The minimum Gasteiger partial charge on any atom is -0.497 e. The first-order valence-corrected chi connectivity index (χ1v) is 14.4. The van der Waals surface area contributed by atoms with Gasteiger partial charge in [0.1, 0.15) is 11.5 Å². The fourth-order valence-electron chi connectivity index (χ4n) is 5.07. The van der Waals surface area contributed by atoms with Crippen molar-refractivity contribution in [2.75, 3.05) is 33.4 Å².